The summed E-state index contributed by atoms with van der Waals surface area (Å²) in [5, 5.41) is 9.93. The largest absolute Gasteiger partial charge is 0.444 e. The van der Waals surface area contributed by atoms with Crippen LogP contribution in [-0.2, 0) is 14.3 Å². The fraction of sp³-hybridized carbons (Fsp3) is 0.500. The Balaban J connectivity index is 2.05. The Hall–Kier alpha value is -2.10. The quantitative estimate of drug-likeness (QED) is 0.284. The highest BCUT2D eigenvalue weighted by atomic mass is 79.9. The summed E-state index contributed by atoms with van der Waals surface area (Å²) in [6.07, 6.45) is 1.10. The summed E-state index contributed by atoms with van der Waals surface area (Å²) in [6.45, 7) is 8.77. The molecule has 0 aliphatic carbocycles. The standard InChI is InChI=1S/C22H30BrClN4O4/c1-5-31-13-17(29)28-19-18(15-9-8-14(23)12-16(15)27-20(19)24)25-10-6-7-11-26-21(30)32-22(2,3)4/h8-9,12H,5-7,10-11,13H2,1-4H3,(H,25,27)(H,26,30)(H,28,29). The summed E-state index contributed by atoms with van der Waals surface area (Å²) in [5.74, 6) is -0.309. The zero-order chi connectivity index (χ0) is 23.7. The molecule has 0 bridgehead atoms. The molecule has 1 heterocycles. The number of halogens is 2. The number of anilines is 2. The maximum Gasteiger partial charge on any atom is 0.407 e. The van der Waals surface area contributed by atoms with Crippen LogP contribution in [-0.4, -0.2) is 48.9 Å². The summed E-state index contributed by atoms with van der Waals surface area (Å²) in [5.41, 5.74) is 1.28. The number of nitrogens with zero attached hydrogens (tertiary/aromatic N) is 1. The maximum absolute atomic E-state index is 12.2. The highest BCUT2D eigenvalue weighted by Gasteiger charge is 2.17. The summed E-state index contributed by atoms with van der Waals surface area (Å²) in [7, 11) is 0. The third-order valence-electron chi connectivity index (χ3n) is 4.18. The molecule has 10 heteroatoms. The van der Waals surface area contributed by atoms with Gasteiger partial charge in [0.1, 0.15) is 17.9 Å². The molecule has 0 saturated heterocycles. The van der Waals surface area contributed by atoms with Gasteiger partial charge >= 0.3 is 6.09 Å². The van der Waals surface area contributed by atoms with Gasteiger partial charge in [-0.2, -0.15) is 0 Å². The molecule has 0 spiro atoms. The highest BCUT2D eigenvalue weighted by Crippen LogP contribution is 2.36. The van der Waals surface area contributed by atoms with Gasteiger partial charge in [-0.1, -0.05) is 27.5 Å². The second-order valence-corrected chi connectivity index (χ2v) is 9.34. The highest BCUT2D eigenvalue weighted by molar-refractivity contribution is 9.10. The van der Waals surface area contributed by atoms with Gasteiger partial charge in [-0.15, -0.1) is 0 Å². The minimum Gasteiger partial charge on any atom is -0.444 e. The summed E-state index contributed by atoms with van der Waals surface area (Å²) >= 11 is 9.85. The lowest BCUT2D eigenvalue weighted by atomic mass is 10.1. The molecule has 0 radical (unpaired) electrons. The van der Waals surface area contributed by atoms with Gasteiger partial charge in [0, 0.05) is 29.6 Å². The Bertz CT molecular complexity index is 950. The minimum atomic E-state index is -0.523. The number of alkyl carbamates (subject to hydrolysis) is 1. The average Bonchev–Trinajstić information content (AvgIpc) is 2.69. The number of carbonyl (C=O) groups is 2. The van der Waals surface area contributed by atoms with Crippen molar-refractivity contribution in [2.45, 2.75) is 46.1 Å². The van der Waals surface area contributed by atoms with Crippen LogP contribution < -0.4 is 16.0 Å². The molecular formula is C22H30BrClN4O4. The van der Waals surface area contributed by atoms with Crippen LogP contribution in [0.3, 0.4) is 0 Å². The van der Waals surface area contributed by atoms with E-state index in [2.05, 4.69) is 36.9 Å². The molecule has 8 nitrogen and oxygen atoms in total. The number of unbranched alkanes of at least 4 members (excludes halogenated alkanes) is 1. The lowest BCUT2D eigenvalue weighted by molar-refractivity contribution is -0.120. The smallest absolute Gasteiger partial charge is 0.407 e. The van der Waals surface area contributed by atoms with Gasteiger partial charge in [-0.05, 0) is 58.7 Å². The number of aromatic nitrogens is 1. The number of hydrogen-bond acceptors (Lipinski definition) is 6. The van der Waals surface area contributed by atoms with Crippen molar-refractivity contribution in [3.05, 3.63) is 27.8 Å². The van der Waals surface area contributed by atoms with E-state index in [1.54, 1.807) is 0 Å². The number of benzene rings is 1. The van der Waals surface area contributed by atoms with Gasteiger partial charge in [0.2, 0.25) is 0 Å². The summed E-state index contributed by atoms with van der Waals surface area (Å²) in [6, 6.07) is 5.68. The van der Waals surface area contributed by atoms with Crippen molar-refractivity contribution < 1.29 is 19.1 Å². The van der Waals surface area contributed by atoms with Crippen LogP contribution in [0, 0.1) is 0 Å². The number of hydrogen-bond donors (Lipinski definition) is 3. The van der Waals surface area contributed by atoms with Crippen LogP contribution in [0.1, 0.15) is 40.5 Å². The van der Waals surface area contributed by atoms with Gasteiger partial charge < -0.3 is 25.4 Å². The second kappa shape index (κ2) is 12.2. The number of ether oxygens (including phenoxy) is 2. The Morgan fingerprint density at radius 3 is 2.56 bits per heavy atom. The number of pyridine rings is 1. The van der Waals surface area contributed by atoms with Crippen molar-refractivity contribution in [1.29, 1.82) is 0 Å². The molecule has 0 saturated carbocycles. The van der Waals surface area contributed by atoms with Crippen LogP contribution >= 0.6 is 27.5 Å². The second-order valence-electron chi connectivity index (χ2n) is 8.06. The predicted molar refractivity (Wildman–Crippen MR) is 132 cm³/mol. The molecule has 0 fully saturated rings. The first-order chi connectivity index (χ1) is 15.1. The van der Waals surface area contributed by atoms with Crippen LogP contribution in [0.5, 0.6) is 0 Å². The van der Waals surface area contributed by atoms with E-state index in [0.717, 1.165) is 22.7 Å². The van der Waals surface area contributed by atoms with E-state index in [0.29, 0.717) is 36.6 Å². The number of nitrogens with one attached hydrogen (secondary N) is 3. The zero-order valence-corrected chi connectivity index (χ0v) is 21.2. The number of carbonyl (C=O) groups excluding carboxylic acids is 2. The molecule has 0 unspecified atom stereocenters. The molecule has 32 heavy (non-hydrogen) atoms. The fourth-order valence-electron chi connectivity index (χ4n) is 2.84. The summed E-state index contributed by atoms with van der Waals surface area (Å²) in [4.78, 5) is 28.4. The van der Waals surface area contributed by atoms with E-state index >= 15 is 0 Å². The predicted octanol–water partition coefficient (Wildman–Crippen LogP) is 5.34. The van der Waals surface area contributed by atoms with Gasteiger partial charge in [-0.3, -0.25) is 4.79 Å². The van der Waals surface area contributed by atoms with E-state index < -0.39 is 11.7 Å². The minimum absolute atomic E-state index is 0.0685. The van der Waals surface area contributed by atoms with Crippen LogP contribution in [0.2, 0.25) is 5.15 Å². The van der Waals surface area contributed by atoms with Crippen molar-refractivity contribution in [3.8, 4) is 0 Å². The Morgan fingerprint density at radius 2 is 1.88 bits per heavy atom. The van der Waals surface area contributed by atoms with Crippen molar-refractivity contribution in [1.82, 2.24) is 10.3 Å². The van der Waals surface area contributed by atoms with Crippen LogP contribution in [0.25, 0.3) is 10.9 Å². The van der Waals surface area contributed by atoms with E-state index in [-0.39, 0.29) is 17.7 Å². The van der Waals surface area contributed by atoms with Gasteiger partial charge in [0.15, 0.2) is 5.15 Å². The number of rotatable bonds is 10. The Morgan fingerprint density at radius 1 is 1.16 bits per heavy atom. The van der Waals surface area contributed by atoms with E-state index in [9.17, 15) is 9.59 Å². The van der Waals surface area contributed by atoms with Gasteiger partial charge in [-0.25, -0.2) is 9.78 Å². The number of fused-ring (bicyclic) bond motifs is 1. The molecule has 0 aliphatic rings. The molecule has 3 N–H and O–H groups in total. The third-order valence-corrected chi connectivity index (χ3v) is 4.95. The maximum atomic E-state index is 12.2. The van der Waals surface area contributed by atoms with Crippen LogP contribution in [0.15, 0.2) is 22.7 Å². The molecule has 2 amide bonds. The lowest BCUT2D eigenvalue weighted by Gasteiger charge is -2.19. The first kappa shape index (κ1) is 26.2. The topological polar surface area (TPSA) is 102 Å². The molecule has 176 valence electrons. The normalized spacial score (nSPS) is 11.3. The Labute approximate surface area is 201 Å². The van der Waals surface area contributed by atoms with Crippen molar-refractivity contribution in [2.24, 2.45) is 0 Å². The van der Waals surface area contributed by atoms with Gasteiger partial charge in [0.25, 0.3) is 5.91 Å². The fourth-order valence-corrected chi connectivity index (χ4v) is 3.43. The molecule has 1 aromatic heterocycles. The zero-order valence-electron chi connectivity index (χ0n) is 18.8. The average molecular weight is 530 g/mol. The molecule has 2 rings (SSSR count). The molecule has 0 atom stereocenters. The van der Waals surface area contributed by atoms with Crippen molar-refractivity contribution >= 4 is 61.8 Å². The van der Waals surface area contributed by atoms with Crippen molar-refractivity contribution in [2.75, 3.05) is 36.9 Å². The molecular weight excluding hydrogens is 500 g/mol. The Kier molecular flexibility index (Phi) is 9.99. The van der Waals surface area contributed by atoms with E-state index in [1.165, 1.54) is 0 Å². The molecule has 1 aromatic carbocycles. The number of amides is 2. The lowest BCUT2D eigenvalue weighted by Crippen LogP contribution is -2.33. The molecule has 2 aromatic rings. The monoisotopic (exact) mass is 528 g/mol. The van der Waals surface area contributed by atoms with Crippen molar-refractivity contribution in [3.63, 3.8) is 0 Å². The first-order valence-corrected chi connectivity index (χ1v) is 11.6. The SMILES string of the molecule is CCOCC(=O)Nc1c(Cl)nc2cc(Br)ccc2c1NCCCCNC(=O)OC(C)(C)C. The molecule has 0 aliphatic heterocycles. The third kappa shape index (κ3) is 8.44. The van der Waals surface area contributed by atoms with E-state index in [4.69, 9.17) is 21.1 Å². The van der Waals surface area contributed by atoms with E-state index in [1.807, 2.05) is 45.9 Å². The van der Waals surface area contributed by atoms with Gasteiger partial charge in [0.05, 0.1) is 11.2 Å². The summed E-state index contributed by atoms with van der Waals surface area (Å²) < 4.78 is 11.3. The first-order valence-electron chi connectivity index (χ1n) is 10.5. The van der Waals surface area contributed by atoms with Crippen LogP contribution in [0.4, 0.5) is 16.2 Å².